The maximum absolute atomic E-state index is 12.8. The normalized spacial score (nSPS) is 14.2. The van der Waals surface area contributed by atoms with Crippen molar-refractivity contribution in [1.29, 1.82) is 0 Å². The van der Waals surface area contributed by atoms with Crippen LogP contribution in [-0.4, -0.2) is 77.9 Å². The van der Waals surface area contributed by atoms with Gasteiger partial charge in [0, 0.05) is 6.54 Å². The van der Waals surface area contributed by atoms with Gasteiger partial charge in [0.2, 0.25) is 23.6 Å². The Bertz CT molecular complexity index is 813. The molecule has 14 heteroatoms. The fourth-order valence-electron chi connectivity index (χ4n) is 3.30. The second-order valence-corrected chi connectivity index (χ2v) is 9.78. The van der Waals surface area contributed by atoms with E-state index in [1.807, 2.05) is 27.7 Å². The predicted octanol–water partition coefficient (Wildman–Crippen LogP) is -1.87. The Labute approximate surface area is 217 Å². The van der Waals surface area contributed by atoms with Crippen LogP contribution in [0.25, 0.3) is 0 Å². The topological polar surface area (TPSA) is 244 Å². The molecule has 4 unspecified atom stereocenters. The summed E-state index contributed by atoms with van der Waals surface area (Å²) in [6.45, 7) is 8.80. The fourth-order valence-corrected chi connectivity index (χ4v) is 3.30. The first-order valence-electron chi connectivity index (χ1n) is 12.4. The van der Waals surface area contributed by atoms with Gasteiger partial charge in [-0.1, -0.05) is 27.7 Å². The van der Waals surface area contributed by atoms with Crippen molar-refractivity contribution in [3.05, 3.63) is 0 Å². The van der Waals surface area contributed by atoms with E-state index in [0.717, 1.165) is 0 Å². The third kappa shape index (κ3) is 15.3. The van der Waals surface area contributed by atoms with E-state index in [4.69, 9.17) is 17.2 Å². The van der Waals surface area contributed by atoms with Crippen LogP contribution in [0.1, 0.15) is 60.3 Å². The SMILES string of the molecule is CC(C)CC(N)C(=O)NCC(=O)NC(CC(C)C)C(=O)NC(C)C(=O)NC(CCCN=C(N)N)C(=O)O. The molecule has 0 aromatic carbocycles. The van der Waals surface area contributed by atoms with Crippen LogP contribution in [0.15, 0.2) is 4.99 Å². The van der Waals surface area contributed by atoms with E-state index in [-0.39, 0.29) is 43.7 Å². The summed E-state index contributed by atoms with van der Waals surface area (Å²) < 4.78 is 0. The van der Waals surface area contributed by atoms with Gasteiger partial charge in [0.15, 0.2) is 5.96 Å². The van der Waals surface area contributed by atoms with Crippen molar-refractivity contribution >= 4 is 35.6 Å². The Kier molecular flexibility index (Phi) is 15.5. The Morgan fingerprint density at radius 3 is 1.92 bits per heavy atom. The summed E-state index contributed by atoms with van der Waals surface area (Å²) in [5, 5.41) is 19.3. The van der Waals surface area contributed by atoms with Crippen molar-refractivity contribution in [2.75, 3.05) is 13.1 Å². The summed E-state index contributed by atoms with van der Waals surface area (Å²) in [6.07, 6.45) is 1.13. The summed E-state index contributed by atoms with van der Waals surface area (Å²) in [4.78, 5) is 65.0. The number of rotatable bonds is 17. The second-order valence-electron chi connectivity index (χ2n) is 9.78. The lowest BCUT2D eigenvalue weighted by molar-refractivity contribution is -0.142. The van der Waals surface area contributed by atoms with E-state index in [2.05, 4.69) is 26.3 Å². The van der Waals surface area contributed by atoms with Crippen LogP contribution in [0.5, 0.6) is 0 Å². The maximum atomic E-state index is 12.8. The number of nitrogens with zero attached hydrogens (tertiary/aromatic N) is 1. The molecule has 0 aliphatic heterocycles. The molecular weight excluding hydrogens is 484 g/mol. The van der Waals surface area contributed by atoms with Crippen molar-refractivity contribution in [3.8, 4) is 0 Å². The highest BCUT2D eigenvalue weighted by atomic mass is 16.4. The number of nitrogens with one attached hydrogen (secondary N) is 4. The molecule has 14 nitrogen and oxygen atoms in total. The van der Waals surface area contributed by atoms with Gasteiger partial charge in [-0.15, -0.1) is 0 Å². The number of carboxylic acid groups (broad SMARTS) is 1. The van der Waals surface area contributed by atoms with Crippen molar-refractivity contribution in [2.24, 2.45) is 34.0 Å². The molecule has 0 radical (unpaired) electrons. The number of carbonyl (C=O) groups is 5. The molecule has 0 heterocycles. The Hall–Kier alpha value is -3.42. The van der Waals surface area contributed by atoms with Crippen LogP contribution >= 0.6 is 0 Å². The summed E-state index contributed by atoms with van der Waals surface area (Å²) in [5.41, 5.74) is 16.3. The number of carbonyl (C=O) groups excluding carboxylic acids is 4. The van der Waals surface area contributed by atoms with E-state index >= 15 is 0 Å². The summed E-state index contributed by atoms with van der Waals surface area (Å²) in [7, 11) is 0. The van der Waals surface area contributed by atoms with Gasteiger partial charge in [-0.2, -0.15) is 0 Å². The highest BCUT2D eigenvalue weighted by molar-refractivity contribution is 5.94. The van der Waals surface area contributed by atoms with Crippen molar-refractivity contribution < 1.29 is 29.1 Å². The van der Waals surface area contributed by atoms with E-state index < -0.39 is 53.8 Å². The van der Waals surface area contributed by atoms with E-state index in [1.54, 1.807) is 0 Å². The van der Waals surface area contributed by atoms with E-state index in [1.165, 1.54) is 6.92 Å². The maximum Gasteiger partial charge on any atom is 0.326 e. The molecule has 4 atom stereocenters. The number of carboxylic acids is 1. The summed E-state index contributed by atoms with van der Waals surface area (Å²) in [5.74, 6) is -3.50. The first-order chi connectivity index (χ1) is 17.1. The molecule has 0 spiro atoms. The molecule has 212 valence electrons. The fraction of sp³-hybridized carbons (Fsp3) is 0.739. The molecule has 0 aliphatic carbocycles. The number of hydrogen-bond donors (Lipinski definition) is 8. The smallest absolute Gasteiger partial charge is 0.326 e. The highest BCUT2D eigenvalue weighted by Crippen LogP contribution is 2.06. The van der Waals surface area contributed by atoms with Gasteiger partial charge in [0.05, 0.1) is 12.6 Å². The quantitative estimate of drug-likeness (QED) is 0.0598. The first-order valence-corrected chi connectivity index (χ1v) is 12.4. The van der Waals surface area contributed by atoms with Crippen molar-refractivity contribution in [3.63, 3.8) is 0 Å². The van der Waals surface area contributed by atoms with E-state index in [9.17, 15) is 29.1 Å². The number of nitrogens with two attached hydrogens (primary N) is 3. The first kappa shape index (κ1) is 33.6. The molecule has 0 aliphatic rings. The average Bonchev–Trinajstić information content (AvgIpc) is 2.77. The van der Waals surface area contributed by atoms with Crippen LogP contribution < -0.4 is 38.5 Å². The zero-order valence-electron chi connectivity index (χ0n) is 22.4. The van der Waals surface area contributed by atoms with Gasteiger partial charge in [-0.05, 0) is 44.4 Å². The third-order valence-electron chi connectivity index (χ3n) is 5.16. The molecule has 0 aromatic heterocycles. The molecule has 0 rings (SSSR count). The lowest BCUT2D eigenvalue weighted by atomic mass is 10.0. The van der Waals surface area contributed by atoms with Gasteiger partial charge in [-0.3, -0.25) is 24.2 Å². The monoisotopic (exact) mass is 528 g/mol. The molecule has 0 fully saturated rings. The zero-order valence-corrected chi connectivity index (χ0v) is 22.4. The Morgan fingerprint density at radius 2 is 1.41 bits per heavy atom. The van der Waals surface area contributed by atoms with Crippen molar-refractivity contribution in [2.45, 2.75) is 84.5 Å². The number of aliphatic carboxylic acids is 1. The second kappa shape index (κ2) is 17.1. The van der Waals surface area contributed by atoms with E-state index in [0.29, 0.717) is 12.8 Å². The average molecular weight is 529 g/mol. The number of guanidine groups is 1. The highest BCUT2D eigenvalue weighted by Gasteiger charge is 2.28. The number of aliphatic imine (C=N–C) groups is 1. The third-order valence-corrected chi connectivity index (χ3v) is 5.16. The molecule has 0 bridgehead atoms. The molecule has 0 saturated carbocycles. The van der Waals surface area contributed by atoms with Gasteiger partial charge in [0.1, 0.15) is 18.1 Å². The standard InChI is InChI=1S/C23H44N8O6/c1-12(2)9-15(24)20(34)28-11-18(32)30-17(10-13(3)4)21(35)29-14(5)19(33)31-16(22(36)37)7-6-8-27-23(25)26/h12-17H,6-11,24H2,1-5H3,(H,28,34)(H,29,35)(H,30,32)(H,31,33)(H,36,37)(H4,25,26,27). The summed E-state index contributed by atoms with van der Waals surface area (Å²) in [6, 6.07) is -3.99. The van der Waals surface area contributed by atoms with Crippen LogP contribution in [-0.2, 0) is 24.0 Å². The zero-order chi connectivity index (χ0) is 28.7. The van der Waals surface area contributed by atoms with Gasteiger partial charge in [0.25, 0.3) is 0 Å². The van der Waals surface area contributed by atoms with Gasteiger partial charge in [-0.25, -0.2) is 4.79 Å². The molecule has 0 aromatic rings. The van der Waals surface area contributed by atoms with Crippen LogP contribution in [0, 0.1) is 11.8 Å². The lowest BCUT2D eigenvalue weighted by Crippen LogP contribution is -2.56. The minimum Gasteiger partial charge on any atom is -0.480 e. The Balaban J connectivity index is 4.98. The van der Waals surface area contributed by atoms with Crippen molar-refractivity contribution in [1.82, 2.24) is 21.3 Å². The minimum atomic E-state index is -1.24. The predicted molar refractivity (Wildman–Crippen MR) is 139 cm³/mol. The number of hydrogen-bond acceptors (Lipinski definition) is 7. The van der Waals surface area contributed by atoms with Gasteiger partial charge < -0.3 is 43.6 Å². The van der Waals surface area contributed by atoms with Crippen LogP contribution in [0.3, 0.4) is 0 Å². The van der Waals surface area contributed by atoms with Gasteiger partial charge >= 0.3 is 5.97 Å². The largest absolute Gasteiger partial charge is 0.480 e. The number of amides is 4. The summed E-state index contributed by atoms with van der Waals surface area (Å²) >= 11 is 0. The molecule has 4 amide bonds. The molecule has 37 heavy (non-hydrogen) atoms. The molecular formula is C23H44N8O6. The Morgan fingerprint density at radius 1 is 0.811 bits per heavy atom. The molecule has 11 N–H and O–H groups in total. The lowest BCUT2D eigenvalue weighted by Gasteiger charge is -2.23. The van der Waals surface area contributed by atoms with Crippen LogP contribution in [0.4, 0.5) is 0 Å². The minimum absolute atomic E-state index is 0.0239. The molecule has 0 saturated heterocycles. The van der Waals surface area contributed by atoms with Crippen LogP contribution in [0.2, 0.25) is 0 Å².